The molecule has 0 radical (unpaired) electrons. The van der Waals surface area contributed by atoms with Crippen molar-refractivity contribution >= 4 is 22.6 Å². The molecule has 2 aromatic rings. The van der Waals surface area contributed by atoms with E-state index in [4.69, 9.17) is 10.6 Å². The van der Waals surface area contributed by atoms with E-state index in [-0.39, 0.29) is 5.41 Å². The highest BCUT2D eigenvalue weighted by Gasteiger charge is 2.22. The maximum atomic E-state index is 12.2. The number of methoxy groups -OCH3 is 1. The molecular formula is C15H18IN3O3. The van der Waals surface area contributed by atoms with Crippen molar-refractivity contribution in [1.82, 2.24) is 9.24 Å². The minimum atomic E-state index is -0.590. The van der Waals surface area contributed by atoms with Gasteiger partial charge < -0.3 is 10.6 Å². The number of aromatic nitrogens is 2. The second kappa shape index (κ2) is 5.79. The minimum absolute atomic E-state index is 0.165. The maximum Gasteiger partial charge on any atom is 0.354 e. The van der Waals surface area contributed by atoms with Gasteiger partial charge >= 0.3 is 5.69 Å². The summed E-state index contributed by atoms with van der Waals surface area (Å²) in [7, 11) is 1.62. The van der Waals surface area contributed by atoms with Crippen molar-refractivity contribution < 1.29 is 4.74 Å². The molecule has 0 unspecified atom stereocenters. The van der Waals surface area contributed by atoms with Gasteiger partial charge in [-0.2, -0.15) is 4.68 Å². The lowest BCUT2D eigenvalue weighted by atomic mass is 9.86. The molecule has 0 aliphatic rings. The Hall–Kier alpha value is -1.77. The summed E-state index contributed by atoms with van der Waals surface area (Å²) in [6.07, 6.45) is 1.43. The second-order valence-corrected chi connectivity index (χ2v) is 7.10. The first-order valence-electron chi connectivity index (χ1n) is 6.65. The number of hydrogen-bond acceptors (Lipinski definition) is 4. The van der Waals surface area contributed by atoms with Gasteiger partial charge in [0.05, 0.1) is 16.4 Å². The summed E-state index contributed by atoms with van der Waals surface area (Å²) in [5, 5.41) is 0. The number of benzene rings is 1. The van der Waals surface area contributed by atoms with E-state index in [9.17, 15) is 9.59 Å². The molecule has 0 saturated heterocycles. The maximum absolute atomic E-state index is 12.2. The molecule has 7 heteroatoms. The molecule has 0 spiro atoms. The quantitative estimate of drug-likeness (QED) is 0.598. The average Bonchev–Trinajstić information content (AvgIpc) is 2.43. The van der Waals surface area contributed by atoms with Gasteiger partial charge in [0.2, 0.25) is 0 Å². The molecule has 2 N–H and O–H groups in total. The normalized spacial score (nSPS) is 11.5. The van der Waals surface area contributed by atoms with E-state index in [1.54, 1.807) is 7.11 Å². The molecule has 1 aromatic heterocycles. The van der Waals surface area contributed by atoms with Crippen molar-refractivity contribution in [1.29, 1.82) is 0 Å². The van der Waals surface area contributed by atoms with Crippen LogP contribution in [0.15, 0.2) is 34.0 Å². The Kier molecular flexibility index (Phi) is 4.37. The van der Waals surface area contributed by atoms with E-state index in [0.29, 0.717) is 10.4 Å². The van der Waals surface area contributed by atoms with Gasteiger partial charge in [0.15, 0.2) is 0 Å². The Balaban J connectivity index is 2.79. The number of ether oxygens (including phenoxy) is 1. The smallest absolute Gasteiger partial charge is 0.354 e. The summed E-state index contributed by atoms with van der Waals surface area (Å²) in [4.78, 5) is 23.6. The molecule has 118 valence electrons. The molecule has 0 aliphatic carbocycles. The van der Waals surface area contributed by atoms with E-state index in [2.05, 4.69) is 43.4 Å². The number of rotatable bonds is 2. The SMILES string of the molecule is COc1c(I)cc(-n2ccc(=O)n(N)c2=O)cc1C(C)(C)C. The number of halogens is 1. The van der Waals surface area contributed by atoms with Gasteiger partial charge in [-0.1, -0.05) is 20.8 Å². The minimum Gasteiger partial charge on any atom is -0.495 e. The molecule has 0 fully saturated rings. The molecule has 1 heterocycles. The van der Waals surface area contributed by atoms with Crippen molar-refractivity contribution in [3.63, 3.8) is 0 Å². The summed E-state index contributed by atoms with van der Waals surface area (Å²) in [5.74, 6) is 6.27. The van der Waals surface area contributed by atoms with E-state index in [1.807, 2.05) is 12.1 Å². The van der Waals surface area contributed by atoms with Crippen LogP contribution in [-0.4, -0.2) is 16.4 Å². The molecule has 0 amide bonds. The van der Waals surface area contributed by atoms with E-state index < -0.39 is 11.2 Å². The molecule has 0 bridgehead atoms. The highest BCUT2D eigenvalue weighted by Crippen LogP contribution is 2.36. The third-order valence-electron chi connectivity index (χ3n) is 3.33. The summed E-state index contributed by atoms with van der Waals surface area (Å²) in [6.45, 7) is 6.20. The topological polar surface area (TPSA) is 79.2 Å². The fourth-order valence-electron chi connectivity index (χ4n) is 2.17. The van der Waals surface area contributed by atoms with Crippen molar-refractivity contribution in [3.05, 3.63) is 54.4 Å². The largest absolute Gasteiger partial charge is 0.495 e. The van der Waals surface area contributed by atoms with Crippen LogP contribution in [0.2, 0.25) is 0 Å². The van der Waals surface area contributed by atoms with Crippen LogP contribution in [0.25, 0.3) is 5.69 Å². The van der Waals surface area contributed by atoms with Crippen LogP contribution in [0.3, 0.4) is 0 Å². The lowest BCUT2D eigenvalue weighted by Gasteiger charge is -2.24. The predicted octanol–water partition coefficient (Wildman–Crippen LogP) is 1.62. The average molecular weight is 415 g/mol. The van der Waals surface area contributed by atoms with Crippen LogP contribution in [0.1, 0.15) is 26.3 Å². The van der Waals surface area contributed by atoms with Crippen molar-refractivity contribution in [2.45, 2.75) is 26.2 Å². The molecule has 0 atom stereocenters. The first kappa shape index (κ1) is 16.6. The lowest BCUT2D eigenvalue weighted by Crippen LogP contribution is -2.43. The number of nitrogens with two attached hydrogens (primary N) is 1. The summed E-state index contributed by atoms with van der Waals surface area (Å²) < 4.78 is 8.31. The van der Waals surface area contributed by atoms with Crippen LogP contribution < -0.4 is 21.8 Å². The Morgan fingerprint density at radius 3 is 2.41 bits per heavy atom. The van der Waals surface area contributed by atoms with Crippen LogP contribution in [0.5, 0.6) is 5.75 Å². The highest BCUT2D eigenvalue weighted by atomic mass is 127. The predicted molar refractivity (Wildman–Crippen MR) is 94.4 cm³/mol. The number of nitrogens with zero attached hydrogens (tertiary/aromatic N) is 2. The van der Waals surface area contributed by atoms with Gasteiger partial charge in [-0.05, 0) is 40.1 Å². The van der Waals surface area contributed by atoms with Gasteiger partial charge in [-0.15, -0.1) is 0 Å². The Labute approximate surface area is 141 Å². The van der Waals surface area contributed by atoms with Crippen LogP contribution in [0, 0.1) is 3.57 Å². The van der Waals surface area contributed by atoms with Crippen molar-refractivity contribution in [2.24, 2.45) is 0 Å². The molecular weight excluding hydrogens is 397 g/mol. The van der Waals surface area contributed by atoms with Crippen LogP contribution in [-0.2, 0) is 5.41 Å². The molecule has 0 saturated carbocycles. The number of nitrogen functional groups attached to an aromatic ring is 1. The van der Waals surface area contributed by atoms with Gasteiger partial charge in [-0.3, -0.25) is 9.36 Å². The molecule has 6 nitrogen and oxygen atoms in total. The van der Waals surface area contributed by atoms with Crippen molar-refractivity contribution in [2.75, 3.05) is 13.0 Å². The zero-order valence-electron chi connectivity index (χ0n) is 12.9. The first-order chi connectivity index (χ1) is 10.2. The van der Waals surface area contributed by atoms with E-state index in [1.165, 1.54) is 16.8 Å². The Bertz CT molecular complexity index is 831. The molecule has 2 rings (SSSR count). The van der Waals surface area contributed by atoms with Crippen LogP contribution in [0.4, 0.5) is 0 Å². The second-order valence-electron chi connectivity index (χ2n) is 5.93. The lowest BCUT2D eigenvalue weighted by molar-refractivity contribution is 0.394. The van der Waals surface area contributed by atoms with E-state index >= 15 is 0 Å². The van der Waals surface area contributed by atoms with Gasteiger partial charge in [0.1, 0.15) is 5.75 Å². The summed E-state index contributed by atoms with van der Waals surface area (Å²) in [6, 6.07) is 4.96. The van der Waals surface area contributed by atoms with Crippen LogP contribution >= 0.6 is 22.6 Å². The van der Waals surface area contributed by atoms with E-state index in [0.717, 1.165) is 14.9 Å². The third-order valence-corrected chi connectivity index (χ3v) is 4.14. The Morgan fingerprint density at radius 2 is 1.86 bits per heavy atom. The number of hydrogen-bond donors (Lipinski definition) is 1. The molecule has 1 aromatic carbocycles. The molecule has 0 aliphatic heterocycles. The standard InChI is InChI=1S/C15H18IN3O3/c1-15(2,3)10-7-9(8-11(16)13(10)22-4)18-6-5-12(20)19(17)14(18)21/h5-8H,17H2,1-4H3. The molecule has 22 heavy (non-hydrogen) atoms. The monoisotopic (exact) mass is 415 g/mol. The van der Waals surface area contributed by atoms with Gasteiger partial charge in [-0.25, -0.2) is 4.79 Å². The Morgan fingerprint density at radius 1 is 1.23 bits per heavy atom. The highest BCUT2D eigenvalue weighted by molar-refractivity contribution is 14.1. The zero-order valence-corrected chi connectivity index (χ0v) is 15.0. The van der Waals surface area contributed by atoms with Crippen molar-refractivity contribution in [3.8, 4) is 11.4 Å². The fraction of sp³-hybridized carbons (Fsp3) is 0.333. The van der Waals surface area contributed by atoms with Gasteiger partial charge in [0.25, 0.3) is 5.56 Å². The zero-order chi connectivity index (χ0) is 16.7. The third kappa shape index (κ3) is 2.90. The summed E-state index contributed by atoms with van der Waals surface area (Å²) >= 11 is 2.17. The fourth-order valence-corrected chi connectivity index (χ4v) is 3.00. The summed E-state index contributed by atoms with van der Waals surface area (Å²) in [5.41, 5.74) is 0.314. The van der Waals surface area contributed by atoms with Gasteiger partial charge in [0, 0.05) is 17.8 Å². The first-order valence-corrected chi connectivity index (χ1v) is 7.73.